The van der Waals surface area contributed by atoms with Crippen LogP contribution in [0.25, 0.3) is 0 Å². The number of halogens is 4. The zero-order chi connectivity index (χ0) is 15.8. The fraction of sp³-hybridized carbons (Fsp3) is 0.500. The number of carbonyl (C=O) groups is 1. The van der Waals surface area contributed by atoms with Crippen molar-refractivity contribution in [2.45, 2.75) is 31.5 Å². The van der Waals surface area contributed by atoms with E-state index in [0.29, 0.717) is 18.9 Å². The molecule has 1 aliphatic rings. The summed E-state index contributed by atoms with van der Waals surface area (Å²) in [4.78, 5) is 13.4. The molecule has 1 saturated heterocycles. The number of nitrogens with zero attached hydrogens (tertiary/aromatic N) is 1. The van der Waals surface area contributed by atoms with Gasteiger partial charge in [-0.05, 0) is 31.9 Å². The van der Waals surface area contributed by atoms with E-state index >= 15 is 0 Å². The molecule has 2 rings (SSSR count). The summed E-state index contributed by atoms with van der Waals surface area (Å²) in [5, 5.41) is 9.79. The molecule has 7 heteroatoms. The average molecular weight is 305 g/mol. The highest BCUT2D eigenvalue weighted by molar-refractivity contribution is 5.94. The van der Waals surface area contributed by atoms with E-state index in [0.717, 1.165) is 12.1 Å². The van der Waals surface area contributed by atoms with E-state index in [1.807, 2.05) is 0 Å². The SMILES string of the molecule is CC1(O)CCN(C(=O)c2cccc(C(F)(F)F)c2F)CC1. The highest BCUT2D eigenvalue weighted by Crippen LogP contribution is 2.33. The smallest absolute Gasteiger partial charge is 0.390 e. The first-order valence-corrected chi connectivity index (χ1v) is 6.49. The minimum atomic E-state index is -4.84. The van der Waals surface area contributed by atoms with Gasteiger partial charge < -0.3 is 10.0 Å². The zero-order valence-electron chi connectivity index (χ0n) is 11.4. The van der Waals surface area contributed by atoms with Gasteiger partial charge in [-0.2, -0.15) is 13.2 Å². The Balaban J connectivity index is 2.25. The van der Waals surface area contributed by atoms with E-state index in [1.54, 1.807) is 6.92 Å². The molecule has 1 amide bonds. The van der Waals surface area contributed by atoms with Crippen LogP contribution in [0.4, 0.5) is 17.6 Å². The molecule has 1 aromatic carbocycles. The van der Waals surface area contributed by atoms with Gasteiger partial charge in [0.25, 0.3) is 5.91 Å². The lowest BCUT2D eigenvalue weighted by atomic mass is 9.93. The maximum atomic E-state index is 13.9. The van der Waals surface area contributed by atoms with Gasteiger partial charge in [0, 0.05) is 13.1 Å². The number of benzene rings is 1. The molecule has 116 valence electrons. The van der Waals surface area contributed by atoms with Gasteiger partial charge in [-0.15, -0.1) is 0 Å². The molecule has 1 heterocycles. The molecule has 0 saturated carbocycles. The lowest BCUT2D eigenvalue weighted by Crippen LogP contribution is -2.45. The monoisotopic (exact) mass is 305 g/mol. The highest BCUT2D eigenvalue weighted by atomic mass is 19.4. The van der Waals surface area contributed by atoms with E-state index in [4.69, 9.17) is 0 Å². The van der Waals surface area contributed by atoms with Crippen molar-refractivity contribution >= 4 is 5.91 Å². The number of aliphatic hydroxyl groups is 1. The molecule has 0 bridgehead atoms. The van der Waals surface area contributed by atoms with Crippen molar-refractivity contribution < 1.29 is 27.5 Å². The van der Waals surface area contributed by atoms with Crippen molar-refractivity contribution in [3.63, 3.8) is 0 Å². The third kappa shape index (κ3) is 3.34. The predicted octanol–water partition coefficient (Wildman–Crippen LogP) is 2.83. The van der Waals surface area contributed by atoms with Gasteiger partial charge in [-0.25, -0.2) is 4.39 Å². The van der Waals surface area contributed by atoms with Gasteiger partial charge in [0.1, 0.15) is 5.82 Å². The second-order valence-electron chi connectivity index (χ2n) is 5.45. The van der Waals surface area contributed by atoms with Crippen molar-refractivity contribution in [1.29, 1.82) is 0 Å². The Hall–Kier alpha value is -1.63. The van der Waals surface area contributed by atoms with Crippen LogP contribution in [0.2, 0.25) is 0 Å². The zero-order valence-corrected chi connectivity index (χ0v) is 11.4. The molecular weight excluding hydrogens is 290 g/mol. The normalized spacial score (nSPS) is 18.7. The lowest BCUT2D eigenvalue weighted by molar-refractivity contribution is -0.140. The summed E-state index contributed by atoms with van der Waals surface area (Å²) in [6.45, 7) is 1.99. The summed E-state index contributed by atoms with van der Waals surface area (Å²) in [5.74, 6) is -2.33. The largest absolute Gasteiger partial charge is 0.419 e. The number of hydrogen-bond acceptors (Lipinski definition) is 2. The first kappa shape index (κ1) is 15.8. The number of rotatable bonds is 1. The molecule has 1 fully saturated rings. The molecule has 3 nitrogen and oxygen atoms in total. The Bertz CT molecular complexity index is 544. The molecule has 1 N–H and O–H groups in total. The fourth-order valence-electron chi connectivity index (χ4n) is 2.28. The molecule has 1 aromatic rings. The Labute approximate surface area is 119 Å². The minimum absolute atomic E-state index is 0.182. The molecule has 21 heavy (non-hydrogen) atoms. The van der Waals surface area contributed by atoms with Gasteiger partial charge >= 0.3 is 6.18 Å². The van der Waals surface area contributed by atoms with Crippen LogP contribution in [0.5, 0.6) is 0 Å². The average Bonchev–Trinajstić information content (AvgIpc) is 2.37. The van der Waals surface area contributed by atoms with Crippen LogP contribution in [0.3, 0.4) is 0 Å². The standard InChI is InChI=1S/C14H15F4NO2/c1-13(21)5-7-19(8-6-13)12(20)9-3-2-4-10(11(9)15)14(16,17)18/h2-4,21H,5-8H2,1H3. The first-order chi connectivity index (χ1) is 9.62. The number of amides is 1. The second kappa shape index (κ2) is 5.29. The molecule has 0 unspecified atom stereocenters. The summed E-state index contributed by atoms with van der Waals surface area (Å²) in [6, 6.07) is 2.66. The summed E-state index contributed by atoms with van der Waals surface area (Å²) in [7, 11) is 0. The third-order valence-electron chi connectivity index (χ3n) is 3.66. The lowest BCUT2D eigenvalue weighted by Gasteiger charge is -2.35. The first-order valence-electron chi connectivity index (χ1n) is 6.49. The molecular formula is C14H15F4NO2. The van der Waals surface area contributed by atoms with Crippen LogP contribution in [-0.2, 0) is 6.18 Å². The van der Waals surface area contributed by atoms with E-state index in [9.17, 15) is 27.5 Å². The highest BCUT2D eigenvalue weighted by Gasteiger charge is 2.37. The van der Waals surface area contributed by atoms with E-state index in [2.05, 4.69) is 0 Å². The van der Waals surface area contributed by atoms with Gasteiger partial charge in [-0.3, -0.25) is 4.79 Å². The number of hydrogen-bond donors (Lipinski definition) is 1. The fourth-order valence-corrected chi connectivity index (χ4v) is 2.28. The summed E-state index contributed by atoms with van der Waals surface area (Å²) >= 11 is 0. The topological polar surface area (TPSA) is 40.5 Å². The van der Waals surface area contributed by atoms with Crippen LogP contribution in [0.15, 0.2) is 18.2 Å². The van der Waals surface area contributed by atoms with Crippen molar-refractivity contribution in [3.05, 3.63) is 35.1 Å². The molecule has 0 atom stereocenters. The quantitative estimate of drug-likeness (QED) is 0.811. The molecule has 0 radical (unpaired) electrons. The molecule has 0 aliphatic carbocycles. The van der Waals surface area contributed by atoms with Crippen LogP contribution >= 0.6 is 0 Å². The molecule has 0 aromatic heterocycles. The van der Waals surface area contributed by atoms with Crippen molar-refractivity contribution in [2.75, 3.05) is 13.1 Å². The Kier molecular flexibility index (Phi) is 3.97. The minimum Gasteiger partial charge on any atom is -0.390 e. The summed E-state index contributed by atoms with van der Waals surface area (Å²) < 4.78 is 51.8. The van der Waals surface area contributed by atoms with Crippen molar-refractivity contribution in [2.24, 2.45) is 0 Å². The van der Waals surface area contributed by atoms with Crippen molar-refractivity contribution in [3.8, 4) is 0 Å². The van der Waals surface area contributed by atoms with Gasteiger partial charge in [0.05, 0.1) is 16.7 Å². The van der Waals surface area contributed by atoms with Gasteiger partial charge in [0.2, 0.25) is 0 Å². The maximum Gasteiger partial charge on any atom is 0.419 e. The van der Waals surface area contributed by atoms with Crippen LogP contribution < -0.4 is 0 Å². The van der Waals surface area contributed by atoms with Crippen molar-refractivity contribution in [1.82, 2.24) is 4.90 Å². The van der Waals surface area contributed by atoms with E-state index < -0.39 is 34.6 Å². The molecule has 1 aliphatic heterocycles. The third-order valence-corrected chi connectivity index (χ3v) is 3.66. The summed E-state index contributed by atoms with van der Waals surface area (Å²) in [5.41, 5.74) is -2.94. The van der Waals surface area contributed by atoms with Crippen LogP contribution in [-0.4, -0.2) is 34.6 Å². The number of piperidine rings is 1. The molecule has 0 spiro atoms. The second-order valence-corrected chi connectivity index (χ2v) is 5.45. The maximum absolute atomic E-state index is 13.9. The Morgan fingerprint density at radius 1 is 1.29 bits per heavy atom. The van der Waals surface area contributed by atoms with Crippen LogP contribution in [0, 0.1) is 5.82 Å². The van der Waals surface area contributed by atoms with Gasteiger partial charge in [-0.1, -0.05) is 6.07 Å². The van der Waals surface area contributed by atoms with E-state index in [-0.39, 0.29) is 13.1 Å². The predicted molar refractivity (Wildman–Crippen MR) is 67.2 cm³/mol. The van der Waals surface area contributed by atoms with E-state index in [1.165, 1.54) is 4.90 Å². The number of carbonyl (C=O) groups excluding carboxylic acids is 1. The summed E-state index contributed by atoms with van der Waals surface area (Å²) in [6.07, 6.45) is -4.23. The number of likely N-dealkylation sites (tertiary alicyclic amines) is 1. The van der Waals surface area contributed by atoms with Gasteiger partial charge in [0.15, 0.2) is 0 Å². The number of alkyl halides is 3. The van der Waals surface area contributed by atoms with Crippen LogP contribution in [0.1, 0.15) is 35.7 Å². The Morgan fingerprint density at radius 3 is 2.38 bits per heavy atom. The Morgan fingerprint density at radius 2 is 1.86 bits per heavy atom.